The number of Topliss-reactive ketones (excluding diaryl/α,β-unsaturated/α-hetero) is 1. The second-order valence-corrected chi connectivity index (χ2v) is 20.1. The minimum Gasteiger partial charge on any atom is -1.00 e. The Balaban J connectivity index is 0.000000278. The number of nitrogens with one attached hydrogen (secondary N) is 2. The average molecular weight is 1040 g/mol. The number of thiazole rings is 2. The van der Waals surface area contributed by atoms with Crippen LogP contribution in [0.3, 0.4) is 0 Å². The van der Waals surface area contributed by atoms with Gasteiger partial charge in [-0.3, -0.25) is 14.4 Å². The number of aliphatic hydroxyl groups excluding tert-OH is 1. The van der Waals surface area contributed by atoms with E-state index in [-0.39, 0.29) is 67.3 Å². The standard InChI is InChI=1S/C24H25F2N3O3S.C23H25F2N3O3S.C4H8O.Al.Li.H/c1-13(30)14-7-9-15(10-8-14)23-29-18-11-19(32-3)17(12-20(18)33-23)28-22(31)16-5-4-6-21(27-16)24(2,25)26;1-23(24,25)20-5-3-4-15(26-20)21(30)27-16-11-19-17(10-18(16)31-2)28-22(32-19)14-8-6-13(12-29)7-9-14;1-2-4-5-3-1;;;/h4-6,11-12,14-15H,7-10H2,1-3H3,(H,28,31);3-5,10-11,13-14,29H,6-9,12H2,1-2H3,(H,27,30);1-4H2;;;/q;;;;+1;-1. The summed E-state index contributed by atoms with van der Waals surface area (Å²) in [5.41, 5.74) is 1.26. The molecule has 0 spiro atoms. The van der Waals surface area contributed by atoms with Gasteiger partial charge in [-0.1, -0.05) is 12.1 Å². The number of rotatable bonds is 12. The number of anilines is 2. The van der Waals surface area contributed by atoms with E-state index in [1.54, 1.807) is 53.9 Å². The average Bonchev–Trinajstić information content (AvgIpc) is 4.16. The Labute approximate surface area is 448 Å². The molecule has 3 radical (unpaired) electrons. The predicted octanol–water partition coefficient (Wildman–Crippen LogP) is 8.79. The number of nitrogens with zero attached hydrogens (tertiary/aromatic N) is 4. The molecule has 1 aliphatic heterocycles. The number of carbonyl (C=O) groups excluding carboxylic acids is 3. The van der Waals surface area contributed by atoms with Crippen molar-refractivity contribution in [2.75, 3.05) is 44.7 Å². The van der Waals surface area contributed by atoms with E-state index < -0.39 is 35.0 Å². The zero-order valence-corrected chi connectivity index (χ0v) is 44.2. The van der Waals surface area contributed by atoms with Crippen LogP contribution in [0.1, 0.15) is 141 Å². The number of ether oxygens (including phenoxy) is 3. The van der Waals surface area contributed by atoms with Gasteiger partial charge in [0.15, 0.2) is 0 Å². The molecule has 72 heavy (non-hydrogen) atoms. The fraction of sp³-hybridized carbons (Fsp3) is 0.471. The van der Waals surface area contributed by atoms with E-state index in [2.05, 4.69) is 20.6 Å². The van der Waals surface area contributed by atoms with E-state index in [0.717, 1.165) is 109 Å². The molecule has 0 atom stereocenters. The minimum atomic E-state index is -3.14. The van der Waals surface area contributed by atoms with E-state index >= 15 is 0 Å². The van der Waals surface area contributed by atoms with Crippen LogP contribution in [0, 0.1) is 11.8 Å². The third-order valence-electron chi connectivity index (χ3n) is 12.7. The van der Waals surface area contributed by atoms with Crippen molar-refractivity contribution in [1.29, 1.82) is 0 Å². The van der Waals surface area contributed by atoms with Crippen molar-refractivity contribution in [2.24, 2.45) is 11.8 Å². The molecule has 0 bridgehead atoms. The number of fused-ring (bicyclic) bond motifs is 2. The zero-order chi connectivity index (χ0) is 50.2. The first-order chi connectivity index (χ1) is 33.4. The van der Waals surface area contributed by atoms with Gasteiger partial charge < -0.3 is 31.4 Å². The number of alkyl halides is 4. The van der Waals surface area contributed by atoms with Crippen LogP contribution in [0.5, 0.6) is 11.5 Å². The molecule has 2 aliphatic carbocycles. The van der Waals surface area contributed by atoms with Gasteiger partial charge in [0.1, 0.15) is 40.1 Å². The summed E-state index contributed by atoms with van der Waals surface area (Å²) in [5, 5.41) is 16.9. The number of aliphatic hydroxyl groups is 1. The molecule has 4 aromatic heterocycles. The molecule has 3 aliphatic rings. The number of aromatic nitrogens is 4. The van der Waals surface area contributed by atoms with E-state index in [1.165, 1.54) is 63.5 Å². The molecule has 13 nitrogen and oxygen atoms in total. The fourth-order valence-corrected chi connectivity index (χ4v) is 11.0. The molecular weight excluding hydrogens is 983 g/mol. The van der Waals surface area contributed by atoms with Gasteiger partial charge in [-0.2, -0.15) is 17.6 Å². The molecule has 1 saturated heterocycles. The van der Waals surface area contributed by atoms with Crippen LogP contribution in [0.15, 0.2) is 60.7 Å². The first kappa shape index (κ1) is 58.4. The maximum absolute atomic E-state index is 13.6. The third kappa shape index (κ3) is 15.1. The van der Waals surface area contributed by atoms with Gasteiger partial charge in [-0.15, -0.1) is 22.7 Å². The number of hydrogen-bond acceptors (Lipinski definition) is 13. The van der Waals surface area contributed by atoms with Crippen LogP contribution >= 0.6 is 22.7 Å². The van der Waals surface area contributed by atoms with Crippen LogP contribution in [-0.4, -0.2) is 94.0 Å². The van der Waals surface area contributed by atoms with Gasteiger partial charge in [0.05, 0.1) is 56.0 Å². The second kappa shape index (κ2) is 26.1. The smallest absolute Gasteiger partial charge is 1.00 e. The predicted molar refractivity (Wildman–Crippen MR) is 270 cm³/mol. The normalized spacial score (nSPS) is 18.8. The van der Waals surface area contributed by atoms with Gasteiger partial charge in [0.25, 0.3) is 23.7 Å². The Morgan fingerprint density at radius 3 is 1.46 bits per heavy atom. The Morgan fingerprint density at radius 2 is 1.11 bits per heavy atom. The first-order valence-electron chi connectivity index (χ1n) is 23.4. The number of amides is 2. The largest absolute Gasteiger partial charge is 1.00 e. The SMILES string of the molecule is C1CCOC1.COc1cc2nc(C3CCC(C(C)=O)CC3)sc2cc1NC(=O)c1cccc(C(C)(F)F)n1.COc1cc2nc(C3CCC(CO)CC3)sc2cc1NC(=O)c1cccc(C(C)(F)F)n1.[Al].[H-].[Li+]. The summed E-state index contributed by atoms with van der Waals surface area (Å²) in [4.78, 5) is 54.2. The Bertz CT molecular complexity index is 2790. The van der Waals surface area contributed by atoms with Crippen LogP contribution in [0.2, 0.25) is 0 Å². The number of ketones is 1. The molecule has 2 amide bonds. The maximum atomic E-state index is 13.6. The molecule has 21 heteroatoms. The number of pyridine rings is 2. The molecule has 9 rings (SSSR count). The van der Waals surface area contributed by atoms with Crippen LogP contribution in [0.25, 0.3) is 20.4 Å². The van der Waals surface area contributed by atoms with Gasteiger partial charge in [0.2, 0.25) is 0 Å². The van der Waals surface area contributed by atoms with E-state index in [9.17, 15) is 37.1 Å². The summed E-state index contributed by atoms with van der Waals surface area (Å²) in [6.07, 6.45) is 10.1. The fourth-order valence-electron chi connectivity index (χ4n) is 8.66. The number of carbonyl (C=O) groups is 3. The molecule has 379 valence electrons. The Hall–Kier alpha value is -4.50. The molecule has 0 unspecified atom stereocenters. The first-order valence-corrected chi connectivity index (χ1v) is 25.1. The van der Waals surface area contributed by atoms with Crippen LogP contribution in [0.4, 0.5) is 28.9 Å². The number of hydrogen-bond donors (Lipinski definition) is 3. The van der Waals surface area contributed by atoms with Gasteiger partial charge in [0, 0.05) is 80.9 Å². The van der Waals surface area contributed by atoms with Crippen LogP contribution in [-0.2, 0) is 21.4 Å². The van der Waals surface area contributed by atoms with E-state index in [0.29, 0.717) is 40.6 Å². The van der Waals surface area contributed by atoms with Crippen LogP contribution < -0.4 is 39.0 Å². The monoisotopic (exact) mass is 1040 g/mol. The summed E-state index contributed by atoms with van der Waals surface area (Å²) in [7, 11) is 2.99. The topological polar surface area (TPSA) is 175 Å². The maximum Gasteiger partial charge on any atom is 1.00 e. The summed E-state index contributed by atoms with van der Waals surface area (Å²) in [6.45, 7) is 5.37. The van der Waals surface area contributed by atoms with Crippen molar-refractivity contribution in [3.8, 4) is 11.5 Å². The summed E-state index contributed by atoms with van der Waals surface area (Å²) in [5.74, 6) is -5.17. The van der Waals surface area contributed by atoms with Crippen molar-refractivity contribution < 1.29 is 71.5 Å². The molecule has 5 heterocycles. The summed E-state index contributed by atoms with van der Waals surface area (Å²) in [6, 6.07) is 15.0. The molecule has 6 aromatic rings. The molecular formula is C51H59AlF4LiN6O7S2. The number of halogens is 4. The zero-order valence-electron chi connectivity index (χ0n) is 42.4. The van der Waals surface area contributed by atoms with E-state index in [1.807, 2.05) is 0 Å². The molecule has 3 N–H and O–H groups in total. The van der Waals surface area contributed by atoms with Crippen molar-refractivity contribution in [1.82, 2.24) is 19.9 Å². The second-order valence-electron chi connectivity index (χ2n) is 18.0. The van der Waals surface area contributed by atoms with Gasteiger partial charge >= 0.3 is 18.9 Å². The van der Waals surface area contributed by atoms with E-state index in [4.69, 9.17) is 24.2 Å². The van der Waals surface area contributed by atoms with Crippen molar-refractivity contribution >= 4 is 89.4 Å². The van der Waals surface area contributed by atoms with Crippen molar-refractivity contribution in [3.05, 3.63) is 93.5 Å². The Kier molecular flexibility index (Phi) is 21.2. The Morgan fingerprint density at radius 1 is 0.694 bits per heavy atom. The molecule has 3 fully saturated rings. The number of methoxy groups -OCH3 is 2. The summed E-state index contributed by atoms with van der Waals surface area (Å²) < 4.78 is 72.0. The van der Waals surface area contributed by atoms with Crippen molar-refractivity contribution in [3.63, 3.8) is 0 Å². The minimum absolute atomic E-state index is 0. The van der Waals surface area contributed by atoms with Gasteiger partial charge in [-0.25, -0.2) is 19.9 Å². The quantitative estimate of drug-likeness (QED) is 0.0790. The number of benzene rings is 2. The third-order valence-corrected chi connectivity index (χ3v) is 15.1. The summed E-state index contributed by atoms with van der Waals surface area (Å²) >= 11 is 3.14. The van der Waals surface area contributed by atoms with Crippen molar-refractivity contribution in [2.45, 2.75) is 109 Å². The molecule has 2 aromatic carbocycles. The van der Waals surface area contributed by atoms with Gasteiger partial charge in [-0.05, 0) is 113 Å². The molecule has 2 saturated carbocycles.